The standard InChI is InChI=1S/C16H27N5O2S/c1-4-18-15(20-10-9-19-14-5-7-17-8-6-14)21-11-12-24(22,23)16(2,3)13-21/h5-8H,4,9-13H2,1-3H3,(H,17,19)(H,18,20). The van der Waals surface area contributed by atoms with Crippen LogP contribution in [0.1, 0.15) is 20.8 Å². The SMILES string of the molecule is CCNC(=NCCNc1ccncc1)N1CCS(=O)(=O)C(C)(C)C1. The summed E-state index contributed by atoms with van der Waals surface area (Å²) in [5.41, 5.74) is 1.01. The Morgan fingerprint density at radius 2 is 2.08 bits per heavy atom. The van der Waals surface area contributed by atoms with Crippen LogP contribution in [0.25, 0.3) is 0 Å². The molecular weight excluding hydrogens is 326 g/mol. The zero-order valence-electron chi connectivity index (χ0n) is 14.6. The predicted octanol–water partition coefficient (Wildman–Crippen LogP) is 0.968. The lowest BCUT2D eigenvalue weighted by molar-refractivity contribution is 0.353. The Bertz CT molecular complexity index is 658. The Kier molecular flexibility index (Phi) is 6.04. The van der Waals surface area contributed by atoms with Gasteiger partial charge in [-0.25, -0.2) is 8.42 Å². The molecule has 1 fully saturated rings. The summed E-state index contributed by atoms with van der Waals surface area (Å²) < 4.78 is 23.5. The zero-order valence-corrected chi connectivity index (χ0v) is 15.4. The summed E-state index contributed by atoms with van der Waals surface area (Å²) in [6.45, 7) is 8.57. The second-order valence-electron chi connectivity index (χ2n) is 6.40. The number of guanidine groups is 1. The summed E-state index contributed by atoms with van der Waals surface area (Å²) in [5.74, 6) is 0.941. The summed E-state index contributed by atoms with van der Waals surface area (Å²) in [6.07, 6.45) is 3.48. The molecule has 0 bridgehead atoms. The van der Waals surface area contributed by atoms with Crippen LogP contribution in [0.2, 0.25) is 0 Å². The smallest absolute Gasteiger partial charge is 0.194 e. The van der Waals surface area contributed by atoms with Crippen LogP contribution in [-0.2, 0) is 9.84 Å². The first-order valence-corrected chi connectivity index (χ1v) is 9.90. The lowest BCUT2D eigenvalue weighted by atomic mass is 10.2. The highest BCUT2D eigenvalue weighted by Crippen LogP contribution is 2.23. The Morgan fingerprint density at radius 1 is 1.38 bits per heavy atom. The van der Waals surface area contributed by atoms with E-state index in [1.165, 1.54) is 0 Å². The third kappa shape index (κ3) is 4.59. The Labute approximate surface area is 144 Å². The fraction of sp³-hybridized carbons (Fsp3) is 0.625. The van der Waals surface area contributed by atoms with E-state index in [-0.39, 0.29) is 5.75 Å². The van der Waals surface area contributed by atoms with Gasteiger partial charge in [-0.3, -0.25) is 9.98 Å². The molecule has 0 atom stereocenters. The highest BCUT2D eigenvalue weighted by atomic mass is 32.2. The third-order valence-corrected chi connectivity index (χ3v) is 6.59. The maximum atomic E-state index is 12.1. The van der Waals surface area contributed by atoms with Crippen LogP contribution in [0.4, 0.5) is 5.69 Å². The topological polar surface area (TPSA) is 86.7 Å². The molecule has 1 saturated heterocycles. The molecule has 8 heteroatoms. The monoisotopic (exact) mass is 353 g/mol. The molecule has 1 aromatic heterocycles. The van der Waals surface area contributed by atoms with Gasteiger partial charge >= 0.3 is 0 Å². The minimum Gasteiger partial charge on any atom is -0.383 e. The molecule has 2 N–H and O–H groups in total. The number of sulfone groups is 1. The molecule has 0 aromatic carbocycles. The molecule has 0 radical (unpaired) electrons. The first-order chi connectivity index (χ1) is 11.4. The van der Waals surface area contributed by atoms with Crippen LogP contribution < -0.4 is 10.6 Å². The molecule has 1 aromatic rings. The van der Waals surface area contributed by atoms with Crippen molar-refractivity contribution in [3.63, 3.8) is 0 Å². The van der Waals surface area contributed by atoms with Crippen molar-refractivity contribution in [2.24, 2.45) is 4.99 Å². The molecule has 2 heterocycles. The van der Waals surface area contributed by atoms with Crippen LogP contribution in [0, 0.1) is 0 Å². The molecule has 1 aliphatic heterocycles. The van der Waals surface area contributed by atoms with Crippen molar-refractivity contribution in [3.8, 4) is 0 Å². The van der Waals surface area contributed by atoms with Gasteiger partial charge in [-0.05, 0) is 32.9 Å². The van der Waals surface area contributed by atoms with Gasteiger partial charge in [0.25, 0.3) is 0 Å². The first kappa shape index (κ1) is 18.5. The van der Waals surface area contributed by atoms with Gasteiger partial charge in [0.05, 0.1) is 17.0 Å². The van der Waals surface area contributed by atoms with E-state index in [4.69, 9.17) is 0 Å². The van der Waals surface area contributed by atoms with Gasteiger partial charge < -0.3 is 15.5 Å². The van der Waals surface area contributed by atoms with Crippen molar-refractivity contribution in [1.82, 2.24) is 15.2 Å². The van der Waals surface area contributed by atoms with Crippen molar-refractivity contribution in [3.05, 3.63) is 24.5 Å². The lowest BCUT2D eigenvalue weighted by Gasteiger charge is -2.39. The summed E-state index contributed by atoms with van der Waals surface area (Å²) in [5, 5.41) is 6.54. The van der Waals surface area contributed by atoms with Crippen LogP contribution in [0.3, 0.4) is 0 Å². The van der Waals surface area contributed by atoms with E-state index in [0.29, 0.717) is 26.2 Å². The number of nitrogens with zero attached hydrogens (tertiary/aromatic N) is 3. The van der Waals surface area contributed by atoms with Crippen LogP contribution in [0.15, 0.2) is 29.5 Å². The molecule has 134 valence electrons. The fourth-order valence-corrected chi connectivity index (χ4v) is 3.95. The van der Waals surface area contributed by atoms with E-state index in [9.17, 15) is 8.42 Å². The molecule has 1 aliphatic rings. The van der Waals surface area contributed by atoms with Crippen LogP contribution in [0.5, 0.6) is 0 Å². The summed E-state index contributed by atoms with van der Waals surface area (Å²) in [7, 11) is -3.05. The normalized spacial score (nSPS) is 19.8. The molecule has 0 spiro atoms. The second kappa shape index (κ2) is 7.83. The van der Waals surface area contributed by atoms with Gasteiger partial charge in [0.2, 0.25) is 0 Å². The largest absolute Gasteiger partial charge is 0.383 e. The van der Waals surface area contributed by atoms with Crippen molar-refractivity contribution in [2.75, 3.05) is 43.8 Å². The van der Waals surface area contributed by atoms with Crippen molar-refractivity contribution in [2.45, 2.75) is 25.5 Å². The van der Waals surface area contributed by atoms with Crippen LogP contribution >= 0.6 is 0 Å². The first-order valence-electron chi connectivity index (χ1n) is 8.25. The zero-order chi connectivity index (χ0) is 17.6. The average molecular weight is 353 g/mol. The van der Waals surface area contributed by atoms with Gasteiger partial charge in [0.1, 0.15) is 0 Å². The van der Waals surface area contributed by atoms with Crippen LogP contribution in [-0.4, -0.2) is 67.5 Å². The van der Waals surface area contributed by atoms with Crippen molar-refractivity contribution < 1.29 is 8.42 Å². The average Bonchev–Trinajstić information content (AvgIpc) is 2.54. The predicted molar refractivity (Wildman–Crippen MR) is 98.1 cm³/mol. The van der Waals surface area contributed by atoms with E-state index in [1.54, 1.807) is 26.2 Å². The summed E-state index contributed by atoms with van der Waals surface area (Å²) >= 11 is 0. The Morgan fingerprint density at radius 3 is 2.71 bits per heavy atom. The molecular formula is C16H27N5O2S. The maximum Gasteiger partial charge on any atom is 0.194 e. The lowest BCUT2D eigenvalue weighted by Crippen LogP contribution is -2.57. The highest BCUT2D eigenvalue weighted by molar-refractivity contribution is 7.92. The van der Waals surface area contributed by atoms with E-state index < -0.39 is 14.6 Å². The number of aromatic nitrogens is 1. The van der Waals surface area contributed by atoms with Gasteiger partial charge in [0, 0.05) is 44.3 Å². The Balaban J connectivity index is 1.96. The van der Waals surface area contributed by atoms with E-state index in [2.05, 4.69) is 20.6 Å². The van der Waals surface area contributed by atoms with E-state index in [0.717, 1.165) is 18.2 Å². The van der Waals surface area contributed by atoms with Crippen molar-refractivity contribution in [1.29, 1.82) is 0 Å². The third-order valence-electron chi connectivity index (χ3n) is 4.06. The second-order valence-corrected chi connectivity index (χ2v) is 9.14. The molecule has 24 heavy (non-hydrogen) atoms. The quantitative estimate of drug-likeness (QED) is 0.466. The van der Waals surface area contributed by atoms with Gasteiger partial charge in [-0.2, -0.15) is 0 Å². The fourth-order valence-electron chi connectivity index (χ4n) is 2.58. The number of rotatable bonds is 5. The molecule has 7 nitrogen and oxygen atoms in total. The van der Waals surface area contributed by atoms with E-state index >= 15 is 0 Å². The summed E-state index contributed by atoms with van der Waals surface area (Å²) in [6, 6.07) is 3.82. The number of pyridine rings is 1. The number of aliphatic imine (C=N–C) groups is 1. The molecule has 2 rings (SSSR count). The molecule has 0 saturated carbocycles. The van der Waals surface area contributed by atoms with Gasteiger partial charge in [0.15, 0.2) is 15.8 Å². The number of hydrogen-bond donors (Lipinski definition) is 2. The molecule has 0 unspecified atom stereocenters. The molecule has 0 amide bonds. The van der Waals surface area contributed by atoms with Crippen molar-refractivity contribution >= 4 is 21.5 Å². The van der Waals surface area contributed by atoms with Gasteiger partial charge in [-0.1, -0.05) is 0 Å². The maximum absolute atomic E-state index is 12.1. The van der Waals surface area contributed by atoms with E-state index in [1.807, 2.05) is 24.0 Å². The summed E-state index contributed by atoms with van der Waals surface area (Å²) in [4.78, 5) is 10.6. The van der Waals surface area contributed by atoms with Gasteiger partial charge in [-0.15, -0.1) is 0 Å². The number of nitrogens with one attached hydrogen (secondary N) is 2. The minimum atomic E-state index is -3.05. The number of anilines is 1. The Hall–Kier alpha value is -1.83. The minimum absolute atomic E-state index is 0.166. The highest BCUT2D eigenvalue weighted by Gasteiger charge is 2.40. The number of hydrogen-bond acceptors (Lipinski definition) is 5. The molecule has 0 aliphatic carbocycles.